The lowest BCUT2D eigenvalue weighted by molar-refractivity contribution is -0.116. The molecule has 1 saturated heterocycles. The molecule has 2 heterocycles. The van der Waals surface area contributed by atoms with Crippen LogP contribution in [0.25, 0.3) is 0 Å². The molecule has 5 nitrogen and oxygen atoms in total. The molecule has 1 aromatic rings. The number of carbonyl (C=O) groups is 1. The van der Waals surface area contributed by atoms with E-state index in [-0.39, 0.29) is 12.0 Å². The molecule has 1 aliphatic heterocycles. The van der Waals surface area contributed by atoms with Gasteiger partial charge in [0.05, 0.1) is 24.5 Å². The van der Waals surface area contributed by atoms with E-state index in [0.717, 1.165) is 44.0 Å². The Balaban J connectivity index is 1.41. The third-order valence-electron chi connectivity index (χ3n) is 4.84. The first kappa shape index (κ1) is 15.5. The van der Waals surface area contributed by atoms with Crippen LogP contribution in [0.4, 0.5) is 5.69 Å². The normalized spacial score (nSPS) is 22.8. The number of hydrogen-bond donors (Lipinski definition) is 1. The maximum atomic E-state index is 12.0. The monoisotopic (exact) mass is 305 g/mol. The SMILES string of the molecule is O=C(CCC1CCCC1)Nc1cnn(CC2CCCCO2)c1. The quantitative estimate of drug-likeness (QED) is 0.876. The van der Waals surface area contributed by atoms with Gasteiger partial charge in [0.2, 0.25) is 5.91 Å². The van der Waals surface area contributed by atoms with Gasteiger partial charge in [-0.1, -0.05) is 25.7 Å². The van der Waals surface area contributed by atoms with Gasteiger partial charge in [-0.15, -0.1) is 0 Å². The second-order valence-electron chi connectivity index (χ2n) is 6.68. The van der Waals surface area contributed by atoms with E-state index in [9.17, 15) is 4.79 Å². The Kier molecular flexibility index (Phi) is 5.48. The van der Waals surface area contributed by atoms with Crippen molar-refractivity contribution in [1.82, 2.24) is 9.78 Å². The van der Waals surface area contributed by atoms with Gasteiger partial charge in [-0.2, -0.15) is 5.10 Å². The zero-order chi connectivity index (χ0) is 15.2. The van der Waals surface area contributed by atoms with Crippen LogP contribution in [0.2, 0.25) is 0 Å². The summed E-state index contributed by atoms with van der Waals surface area (Å²) in [4.78, 5) is 12.0. The van der Waals surface area contributed by atoms with Crippen LogP contribution in [0.15, 0.2) is 12.4 Å². The Labute approximate surface area is 132 Å². The highest BCUT2D eigenvalue weighted by atomic mass is 16.5. The molecule has 5 heteroatoms. The Hall–Kier alpha value is -1.36. The van der Waals surface area contributed by atoms with Crippen LogP contribution in [-0.4, -0.2) is 28.4 Å². The molecule has 1 unspecified atom stereocenters. The van der Waals surface area contributed by atoms with E-state index >= 15 is 0 Å². The molecule has 3 rings (SSSR count). The molecule has 2 fully saturated rings. The van der Waals surface area contributed by atoms with Crippen LogP contribution < -0.4 is 5.32 Å². The topological polar surface area (TPSA) is 56.2 Å². The summed E-state index contributed by atoms with van der Waals surface area (Å²) in [5.74, 6) is 0.872. The average molecular weight is 305 g/mol. The predicted octanol–water partition coefficient (Wildman–Crippen LogP) is 3.36. The van der Waals surface area contributed by atoms with E-state index in [1.165, 1.54) is 32.1 Å². The van der Waals surface area contributed by atoms with Gasteiger partial charge in [0.25, 0.3) is 0 Å². The minimum absolute atomic E-state index is 0.111. The number of nitrogens with one attached hydrogen (secondary N) is 1. The maximum absolute atomic E-state index is 12.0. The summed E-state index contributed by atoms with van der Waals surface area (Å²) in [6.45, 7) is 1.63. The number of anilines is 1. The van der Waals surface area contributed by atoms with E-state index in [0.29, 0.717) is 6.42 Å². The molecule has 1 atom stereocenters. The summed E-state index contributed by atoms with van der Waals surface area (Å²) in [5.41, 5.74) is 0.798. The van der Waals surface area contributed by atoms with Crippen LogP contribution in [0.1, 0.15) is 57.8 Å². The molecular formula is C17H27N3O2. The molecule has 1 amide bonds. The fourth-order valence-corrected chi connectivity index (χ4v) is 3.55. The molecule has 0 bridgehead atoms. The van der Waals surface area contributed by atoms with Crippen LogP contribution >= 0.6 is 0 Å². The fraction of sp³-hybridized carbons (Fsp3) is 0.765. The largest absolute Gasteiger partial charge is 0.376 e. The predicted molar refractivity (Wildman–Crippen MR) is 85.6 cm³/mol. The second-order valence-corrected chi connectivity index (χ2v) is 6.68. The van der Waals surface area contributed by atoms with Gasteiger partial charge >= 0.3 is 0 Å². The number of hydrogen-bond acceptors (Lipinski definition) is 3. The first-order valence-electron chi connectivity index (χ1n) is 8.73. The summed E-state index contributed by atoms with van der Waals surface area (Å²) in [5, 5.41) is 7.28. The number of ether oxygens (including phenoxy) is 1. The summed E-state index contributed by atoms with van der Waals surface area (Å²) in [6.07, 6.45) is 14.3. The van der Waals surface area contributed by atoms with Gasteiger partial charge in [-0.05, 0) is 31.6 Å². The summed E-state index contributed by atoms with van der Waals surface area (Å²) in [6, 6.07) is 0. The molecule has 1 N–H and O–H groups in total. The molecule has 1 aromatic heterocycles. The summed E-state index contributed by atoms with van der Waals surface area (Å²) >= 11 is 0. The number of aromatic nitrogens is 2. The molecule has 0 aromatic carbocycles. The van der Waals surface area contributed by atoms with Gasteiger partial charge in [-0.25, -0.2) is 0 Å². The second kappa shape index (κ2) is 7.77. The van der Waals surface area contributed by atoms with Gasteiger partial charge in [0.15, 0.2) is 0 Å². The van der Waals surface area contributed by atoms with Crippen molar-refractivity contribution in [3.8, 4) is 0 Å². The molecule has 22 heavy (non-hydrogen) atoms. The van der Waals surface area contributed by atoms with Crippen molar-refractivity contribution in [1.29, 1.82) is 0 Å². The van der Waals surface area contributed by atoms with E-state index in [1.54, 1.807) is 6.20 Å². The molecule has 2 aliphatic rings. The van der Waals surface area contributed by atoms with Crippen molar-refractivity contribution in [3.63, 3.8) is 0 Å². The van der Waals surface area contributed by atoms with Crippen LogP contribution in [0.3, 0.4) is 0 Å². The lowest BCUT2D eigenvalue weighted by atomic mass is 10.0. The Morgan fingerprint density at radius 1 is 1.27 bits per heavy atom. The van der Waals surface area contributed by atoms with Gasteiger partial charge < -0.3 is 10.1 Å². The van der Waals surface area contributed by atoms with Crippen molar-refractivity contribution in [2.45, 2.75) is 70.4 Å². The number of carbonyl (C=O) groups excluding carboxylic acids is 1. The zero-order valence-corrected chi connectivity index (χ0v) is 13.3. The number of amides is 1. The number of rotatable bonds is 6. The first-order valence-corrected chi connectivity index (χ1v) is 8.73. The fourth-order valence-electron chi connectivity index (χ4n) is 3.55. The number of nitrogens with zero attached hydrogens (tertiary/aromatic N) is 2. The van der Waals surface area contributed by atoms with Crippen molar-refractivity contribution in [2.24, 2.45) is 5.92 Å². The molecule has 0 spiro atoms. The van der Waals surface area contributed by atoms with Crippen LogP contribution in [0, 0.1) is 5.92 Å². The standard InChI is InChI=1S/C17H27N3O2/c21-17(9-8-14-5-1-2-6-14)19-15-11-18-20(12-15)13-16-7-3-4-10-22-16/h11-12,14,16H,1-10,13H2,(H,19,21). The lowest BCUT2D eigenvalue weighted by Crippen LogP contribution is -2.24. The van der Waals surface area contributed by atoms with Crippen molar-refractivity contribution in [2.75, 3.05) is 11.9 Å². The van der Waals surface area contributed by atoms with E-state index in [2.05, 4.69) is 10.4 Å². The molecule has 122 valence electrons. The van der Waals surface area contributed by atoms with Crippen LogP contribution in [-0.2, 0) is 16.1 Å². The minimum Gasteiger partial charge on any atom is -0.376 e. The van der Waals surface area contributed by atoms with Crippen molar-refractivity contribution >= 4 is 11.6 Å². The van der Waals surface area contributed by atoms with E-state index in [1.807, 2.05) is 10.9 Å². The van der Waals surface area contributed by atoms with Gasteiger partial charge in [-0.3, -0.25) is 9.48 Å². The molecular weight excluding hydrogens is 278 g/mol. The Bertz CT molecular complexity index is 474. The molecule has 1 saturated carbocycles. The van der Waals surface area contributed by atoms with E-state index < -0.39 is 0 Å². The summed E-state index contributed by atoms with van der Waals surface area (Å²) < 4.78 is 7.60. The highest BCUT2D eigenvalue weighted by molar-refractivity contribution is 5.90. The van der Waals surface area contributed by atoms with Crippen LogP contribution in [0.5, 0.6) is 0 Å². The van der Waals surface area contributed by atoms with E-state index in [4.69, 9.17) is 4.74 Å². The molecule has 0 radical (unpaired) electrons. The highest BCUT2D eigenvalue weighted by Gasteiger charge is 2.17. The average Bonchev–Trinajstić information content (AvgIpc) is 3.18. The first-order chi connectivity index (χ1) is 10.8. The third-order valence-corrected chi connectivity index (χ3v) is 4.84. The zero-order valence-electron chi connectivity index (χ0n) is 13.3. The highest BCUT2D eigenvalue weighted by Crippen LogP contribution is 2.28. The minimum atomic E-state index is 0.111. The van der Waals surface area contributed by atoms with Gasteiger partial charge in [0, 0.05) is 19.2 Å². The van der Waals surface area contributed by atoms with Crippen molar-refractivity contribution in [3.05, 3.63) is 12.4 Å². The lowest BCUT2D eigenvalue weighted by Gasteiger charge is -2.22. The van der Waals surface area contributed by atoms with Gasteiger partial charge in [0.1, 0.15) is 0 Å². The maximum Gasteiger partial charge on any atom is 0.224 e. The summed E-state index contributed by atoms with van der Waals surface area (Å²) in [7, 11) is 0. The smallest absolute Gasteiger partial charge is 0.224 e. The third kappa shape index (κ3) is 4.57. The van der Waals surface area contributed by atoms with Crippen molar-refractivity contribution < 1.29 is 9.53 Å². The Morgan fingerprint density at radius 3 is 2.86 bits per heavy atom. The molecule has 1 aliphatic carbocycles. The Morgan fingerprint density at radius 2 is 2.09 bits per heavy atom.